The first-order chi connectivity index (χ1) is 27.3. The molecule has 0 spiro atoms. The highest BCUT2D eigenvalue weighted by Crippen LogP contribution is 2.43. The van der Waals surface area contributed by atoms with Gasteiger partial charge in [-0.2, -0.15) is 0 Å². The Labute approximate surface area is 344 Å². The molecular formula is C46H87O9P. The van der Waals surface area contributed by atoms with E-state index in [1.54, 1.807) is 0 Å². The molecule has 0 aromatic heterocycles. The van der Waals surface area contributed by atoms with Crippen molar-refractivity contribution in [3.05, 3.63) is 36.5 Å². The Hall–Kier alpha value is -1.32. The lowest BCUT2D eigenvalue weighted by Gasteiger charge is -2.20. The monoisotopic (exact) mass is 815 g/mol. The molecule has 56 heavy (non-hydrogen) atoms. The van der Waals surface area contributed by atoms with Gasteiger partial charge in [0.05, 0.1) is 26.4 Å². The van der Waals surface area contributed by atoms with Crippen molar-refractivity contribution < 1.29 is 43.0 Å². The van der Waals surface area contributed by atoms with Gasteiger partial charge in [-0.25, -0.2) is 4.57 Å². The SMILES string of the molecule is CCCCCC/C=C\C/C=C\CCCCCCCCCCOCC(COP(=O)(O)OCC(O)CO)OC(=O)CCCCCCC/C=C\CCCCCCCCC. The van der Waals surface area contributed by atoms with Crippen LogP contribution in [0.4, 0.5) is 0 Å². The number of aliphatic hydroxyl groups excluding tert-OH is 2. The fourth-order valence-electron chi connectivity index (χ4n) is 6.26. The molecule has 0 aliphatic rings. The summed E-state index contributed by atoms with van der Waals surface area (Å²) in [6, 6.07) is 0. The minimum Gasteiger partial charge on any atom is -0.457 e. The van der Waals surface area contributed by atoms with Crippen molar-refractivity contribution in [2.45, 2.75) is 219 Å². The number of carbonyl (C=O) groups is 1. The summed E-state index contributed by atoms with van der Waals surface area (Å²) < 4.78 is 33.4. The lowest BCUT2D eigenvalue weighted by molar-refractivity contribution is -0.154. The standard InChI is InChI=1S/C46H87O9P/c1-3-5-7-9-11-13-15-17-19-21-22-23-25-27-29-31-33-35-37-39-52-42-45(43-54-56(50,51)53-41-44(48)40-47)55-46(49)38-36-34-32-30-28-26-24-20-18-16-14-12-10-8-6-4-2/h13,15,19-21,24,44-45,47-48H,3-12,14,16-18,22-23,25-43H2,1-2H3,(H,50,51)/b15-13-,21-19-,24-20-. The van der Waals surface area contributed by atoms with Crippen LogP contribution in [0.3, 0.4) is 0 Å². The van der Waals surface area contributed by atoms with Crippen LogP contribution in [0, 0.1) is 0 Å². The molecule has 330 valence electrons. The predicted octanol–water partition coefficient (Wildman–Crippen LogP) is 12.8. The zero-order valence-electron chi connectivity index (χ0n) is 36.1. The van der Waals surface area contributed by atoms with E-state index >= 15 is 0 Å². The van der Waals surface area contributed by atoms with Gasteiger partial charge >= 0.3 is 13.8 Å². The topological polar surface area (TPSA) is 132 Å². The average molecular weight is 815 g/mol. The maximum Gasteiger partial charge on any atom is 0.472 e. The quantitative estimate of drug-likeness (QED) is 0.0238. The fraction of sp³-hybridized carbons (Fsp3) is 0.848. The van der Waals surface area contributed by atoms with Crippen LogP contribution in [0.5, 0.6) is 0 Å². The van der Waals surface area contributed by atoms with Gasteiger partial charge in [0.2, 0.25) is 0 Å². The van der Waals surface area contributed by atoms with E-state index in [1.165, 1.54) is 116 Å². The van der Waals surface area contributed by atoms with Gasteiger partial charge in [-0.15, -0.1) is 0 Å². The second kappa shape index (κ2) is 43.3. The first-order valence-corrected chi connectivity index (χ1v) is 24.5. The zero-order chi connectivity index (χ0) is 41.1. The molecule has 3 atom stereocenters. The van der Waals surface area contributed by atoms with Gasteiger partial charge in [-0.05, 0) is 70.6 Å². The highest BCUT2D eigenvalue weighted by Gasteiger charge is 2.26. The summed E-state index contributed by atoms with van der Waals surface area (Å²) in [6.07, 6.45) is 46.7. The molecule has 3 N–H and O–H groups in total. The Morgan fingerprint density at radius 1 is 0.554 bits per heavy atom. The van der Waals surface area contributed by atoms with E-state index in [-0.39, 0.29) is 19.6 Å². The summed E-state index contributed by atoms with van der Waals surface area (Å²) in [7, 11) is -4.52. The van der Waals surface area contributed by atoms with E-state index < -0.39 is 39.2 Å². The van der Waals surface area contributed by atoms with Crippen molar-refractivity contribution in [1.29, 1.82) is 0 Å². The number of phosphoric ester groups is 1. The number of ether oxygens (including phenoxy) is 2. The van der Waals surface area contributed by atoms with Crippen LogP contribution in [-0.2, 0) is 27.9 Å². The first kappa shape index (κ1) is 54.7. The van der Waals surface area contributed by atoms with E-state index in [4.69, 9.17) is 23.6 Å². The van der Waals surface area contributed by atoms with Gasteiger partial charge in [0.15, 0.2) is 0 Å². The third kappa shape index (κ3) is 42.3. The molecule has 3 unspecified atom stereocenters. The van der Waals surface area contributed by atoms with Gasteiger partial charge in [0.25, 0.3) is 0 Å². The molecule has 9 nitrogen and oxygen atoms in total. The molecule has 0 saturated carbocycles. The average Bonchev–Trinajstić information content (AvgIpc) is 3.19. The van der Waals surface area contributed by atoms with Crippen LogP contribution >= 0.6 is 7.82 Å². The molecule has 0 heterocycles. The van der Waals surface area contributed by atoms with Crippen molar-refractivity contribution in [1.82, 2.24) is 0 Å². The maximum absolute atomic E-state index is 12.6. The van der Waals surface area contributed by atoms with Crippen LogP contribution in [0.25, 0.3) is 0 Å². The van der Waals surface area contributed by atoms with Gasteiger partial charge < -0.3 is 24.6 Å². The smallest absolute Gasteiger partial charge is 0.457 e. The summed E-state index contributed by atoms with van der Waals surface area (Å²) in [5, 5.41) is 18.4. The lowest BCUT2D eigenvalue weighted by Crippen LogP contribution is -2.29. The molecular weight excluding hydrogens is 727 g/mol. The Balaban J connectivity index is 4.15. The molecule has 0 radical (unpaired) electrons. The number of aliphatic hydroxyl groups is 2. The van der Waals surface area contributed by atoms with Gasteiger partial charge in [0.1, 0.15) is 12.2 Å². The number of phosphoric acid groups is 1. The largest absolute Gasteiger partial charge is 0.472 e. The van der Waals surface area contributed by atoms with E-state index in [2.05, 4.69) is 50.3 Å². The molecule has 0 rings (SSSR count). The summed E-state index contributed by atoms with van der Waals surface area (Å²) in [5.74, 6) is -0.392. The number of esters is 1. The van der Waals surface area contributed by atoms with Crippen LogP contribution in [0.15, 0.2) is 36.5 Å². The summed E-state index contributed by atoms with van der Waals surface area (Å²) >= 11 is 0. The number of hydrogen-bond acceptors (Lipinski definition) is 8. The van der Waals surface area contributed by atoms with E-state index in [0.717, 1.165) is 70.6 Å². The predicted molar refractivity (Wildman–Crippen MR) is 233 cm³/mol. The van der Waals surface area contributed by atoms with Crippen molar-refractivity contribution in [2.75, 3.05) is 33.0 Å². The Bertz CT molecular complexity index is 970. The zero-order valence-corrected chi connectivity index (χ0v) is 37.0. The Morgan fingerprint density at radius 3 is 1.46 bits per heavy atom. The maximum atomic E-state index is 12.6. The van der Waals surface area contributed by atoms with Gasteiger partial charge in [0, 0.05) is 13.0 Å². The molecule has 0 aromatic rings. The molecule has 0 bridgehead atoms. The van der Waals surface area contributed by atoms with Crippen molar-refractivity contribution in [3.8, 4) is 0 Å². The molecule has 0 aliphatic carbocycles. The number of carbonyl (C=O) groups excluding carboxylic acids is 1. The van der Waals surface area contributed by atoms with Crippen LogP contribution in [-0.4, -0.2) is 66.3 Å². The highest BCUT2D eigenvalue weighted by atomic mass is 31.2. The molecule has 0 fully saturated rings. The second-order valence-electron chi connectivity index (χ2n) is 15.4. The van der Waals surface area contributed by atoms with E-state index in [1.807, 2.05) is 0 Å². The fourth-order valence-corrected chi connectivity index (χ4v) is 7.05. The van der Waals surface area contributed by atoms with E-state index in [0.29, 0.717) is 6.61 Å². The lowest BCUT2D eigenvalue weighted by atomic mass is 10.1. The Kier molecular flexibility index (Phi) is 42.2. The third-order valence-electron chi connectivity index (χ3n) is 9.80. The summed E-state index contributed by atoms with van der Waals surface area (Å²) in [6.45, 7) is 3.49. The second-order valence-corrected chi connectivity index (χ2v) is 16.9. The normalized spacial score (nSPS) is 14.3. The minimum absolute atomic E-state index is 0.0429. The molecule has 10 heteroatoms. The summed E-state index contributed by atoms with van der Waals surface area (Å²) in [5.41, 5.74) is 0. The van der Waals surface area contributed by atoms with Gasteiger partial charge in [-0.1, -0.05) is 166 Å². The van der Waals surface area contributed by atoms with Crippen LogP contribution in [0.1, 0.15) is 206 Å². The molecule has 0 aromatic carbocycles. The minimum atomic E-state index is -4.52. The molecule has 0 saturated heterocycles. The summed E-state index contributed by atoms with van der Waals surface area (Å²) in [4.78, 5) is 22.6. The van der Waals surface area contributed by atoms with Crippen molar-refractivity contribution in [2.24, 2.45) is 0 Å². The molecule has 0 aliphatic heterocycles. The van der Waals surface area contributed by atoms with E-state index in [9.17, 15) is 19.4 Å². The Morgan fingerprint density at radius 2 is 0.964 bits per heavy atom. The van der Waals surface area contributed by atoms with Crippen molar-refractivity contribution in [3.63, 3.8) is 0 Å². The number of hydrogen-bond donors (Lipinski definition) is 3. The van der Waals surface area contributed by atoms with Crippen molar-refractivity contribution >= 4 is 13.8 Å². The van der Waals surface area contributed by atoms with Crippen LogP contribution < -0.4 is 0 Å². The van der Waals surface area contributed by atoms with Gasteiger partial charge in [-0.3, -0.25) is 13.8 Å². The first-order valence-electron chi connectivity index (χ1n) is 23.0. The number of rotatable bonds is 44. The third-order valence-corrected chi connectivity index (χ3v) is 10.7. The molecule has 0 amide bonds. The number of unbranched alkanes of at least 4 members (excludes halogenated alkanes) is 24. The highest BCUT2D eigenvalue weighted by molar-refractivity contribution is 7.47. The van der Waals surface area contributed by atoms with Crippen LogP contribution in [0.2, 0.25) is 0 Å². The number of allylic oxidation sites excluding steroid dienone is 6.